The molecular weight excluding hydrogens is 336 g/mol. The molecule has 0 aromatic heterocycles. The van der Waals surface area contributed by atoms with Gasteiger partial charge in [0.2, 0.25) is 0 Å². The molecule has 0 radical (unpaired) electrons. The van der Waals surface area contributed by atoms with Crippen molar-refractivity contribution in [3.8, 4) is 0 Å². The minimum atomic E-state index is -1.40. The Kier molecular flexibility index (Phi) is 4.61. The lowest BCUT2D eigenvalue weighted by molar-refractivity contribution is -0.202. The van der Waals surface area contributed by atoms with Crippen LogP contribution in [0.15, 0.2) is 35.5 Å². The summed E-state index contributed by atoms with van der Waals surface area (Å²) in [5.41, 5.74) is 0.677. The van der Waals surface area contributed by atoms with Gasteiger partial charge < -0.3 is 19.3 Å². The van der Waals surface area contributed by atoms with E-state index < -0.39 is 41.5 Å². The number of ether oxygens (including phenoxy) is 3. The third kappa shape index (κ3) is 3.12. The predicted octanol–water partition coefficient (Wildman–Crippen LogP) is 2.57. The molecule has 0 saturated carbocycles. The first-order valence-corrected chi connectivity index (χ1v) is 8.94. The fourth-order valence-electron chi connectivity index (χ4n) is 3.94. The largest absolute Gasteiger partial charge is 0.458 e. The van der Waals surface area contributed by atoms with Crippen LogP contribution < -0.4 is 0 Å². The highest BCUT2D eigenvalue weighted by atomic mass is 16.6. The first kappa shape index (κ1) is 18.9. The molecule has 2 bridgehead atoms. The molecule has 0 spiro atoms. The molecule has 142 valence electrons. The van der Waals surface area contributed by atoms with Gasteiger partial charge in [-0.1, -0.05) is 12.7 Å². The third-order valence-corrected chi connectivity index (χ3v) is 5.75. The van der Waals surface area contributed by atoms with Crippen molar-refractivity contribution in [1.29, 1.82) is 0 Å². The van der Waals surface area contributed by atoms with Crippen LogP contribution >= 0.6 is 0 Å². The maximum absolute atomic E-state index is 12.4. The van der Waals surface area contributed by atoms with Crippen LogP contribution in [0.4, 0.5) is 0 Å². The standard InChI is InChI=1S/C20H26O6/c1-6-11(2)17(21)25-15-10-19(5)7-8-20(23,26-19)12(3)9-14-16(15)13(4)18(22)24-14/h6,9,14-16,23H,4,7-8,10H2,1-3,5H3/t14-,15-,16+,19+,20+/m1/s1. The second kappa shape index (κ2) is 6.35. The van der Waals surface area contributed by atoms with Gasteiger partial charge in [-0.25, -0.2) is 9.59 Å². The number of hydrogen-bond acceptors (Lipinski definition) is 6. The molecule has 3 rings (SSSR count). The zero-order chi connectivity index (χ0) is 19.3. The fraction of sp³-hybridized carbons (Fsp3) is 0.600. The van der Waals surface area contributed by atoms with Crippen molar-refractivity contribution in [2.75, 3.05) is 0 Å². The first-order valence-electron chi connectivity index (χ1n) is 8.94. The minimum absolute atomic E-state index is 0.281. The van der Waals surface area contributed by atoms with Crippen LogP contribution in [0.25, 0.3) is 0 Å². The molecule has 0 aliphatic carbocycles. The average Bonchev–Trinajstić information content (AvgIpc) is 3.03. The van der Waals surface area contributed by atoms with E-state index in [9.17, 15) is 14.7 Å². The average molecular weight is 362 g/mol. The summed E-state index contributed by atoms with van der Waals surface area (Å²) >= 11 is 0. The van der Waals surface area contributed by atoms with Crippen LogP contribution in [0.5, 0.6) is 0 Å². The van der Waals surface area contributed by atoms with Crippen LogP contribution in [-0.4, -0.2) is 40.6 Å². The number of rotatable bonds is 2. The van der Waals surface area contributed by atoms with E-state index in [0.717, 1.165) is 0 Å². The summed E-state index contributed by atoms with van der Waals surface area (Å²) in [6.07, 6.45) is 3.48. The van der Waals surface area contributed by atoms with Gasteiger partial charge in [0.25, 0.3) is 0 Å². The second-order valence-electron chi connectivity index (χ2n) is 7.73. The van der Waals surface area contributed by atoms with Crippen molar-refractivity contribution < 1.29 is 28.9 Å². The zero-order valence-electron chi connectivity index (χ0n) is 15.7. The zero-order valence-corrected chi connectivity index (χ0v) is 15.7. The van der Waals surface area contributed by atoms with E-state index in [1.165, 1.54) is 0 Å². The first-order chi connectivity index (χ1) is 12.1. The van der Waals surface area contributed by atoms with E-state index in [4.69, 9.17) is 14.2 Å². The van der Waals surface area contributed by atoms with Crippen molar-refractivity contribution in [2.24, 2.45) is 5.92 Å². The van der Waals surface area contributed by atoms with Crippen LogP contribution in [0.1, 0.15) is 47.0 Å². The summed E-state index contributed by atoms with van der Waals surface area (Å²) in [7, 11) is 0. The molecule has 0 aromatic rings. The molecule has 1 N–H and O–H groups in total. The van der Waals surface area contributed by atoms with Crippen LogP contribution in [0.2, 0.25) is 0 Å². The normalized spacial score (nSPS) is 40.1. The Bertz CT molecular complexity index is 720. The summed E-state index contributed by atoms with van der Waals surface area (Å²) < 4.78 is 17.2. The number of fused-ring (bicyclic) bond motifs is 3. The van der Waals surface area contributed by atoms with E-state index in [1.807, 2.05) is 6.92 Å². The Balaban J connectivity index is 2.03. The molecule has 2 saturated heterocycles. The summed E-state index contributed by atoms with van der Waals surface area (Å²) in [5, 5.41) is 10.9. The Morgan fingerprint density at radius 1 is 1.46 bits per heavy atom. The van der Waals surface area contributed by atoms with Crippen molar-refractivity contribution in [2.45, 2.75) is 70.6 Å². The second-order valence-corrected chi connectivity index (χ2v) is 7.73. The van der Waals surface area contributed by atoms with Crippen LogP contribution in [-0.2, 0) is 23.8 Å². The highest BCUT2D eigenvalue weighted by molar-refractivity contribution is 5.92. The van der Waals surface area contributed by atoms with Gasteiger partial charge in [-0.15, -0.1) is 0 Å². The lowest BCUT2D eigenvalue weighted by atomic mass is 9.82. The quantitative estimate of drug-likeness (QED) is 0.462. The molecule has 3 aliphatic rings. The Morgan fingerprint density at radius 2 is 2.15 bits per heavy atom. The monoisotopic (exact) mass is 362 g/mol. The molecular formula is C20H26O6. The van der Waals surface area contributed by atoms with Gasteiger partial charge in [0.05, 0.1) is 11.5 Å². The third-order valence-electron chi connectivity index (χ3n) is 5.75. The highest BCUT2D eigenvalue weighted by Crippen LogP contribution is 2.47. The van der Waals surface area contributed by atoms with E-state index >= 15 is 0 Å². The van der Waals surface area contributed by atoms with E-state index in [2.05, 4.69) is 6.58 Å². The Morgan fingerprint density at radius 3 is 2.81 bits per heavy atom. The smallest absolute Gasteiger partial charge is 0.334 e. The van der Waals surface area contributed by atoms with Crippen LogP contribution in [0, 0.1) is 5.92 Å². The maximum Gasteiger partial charge on any atom is 0.334 e. The molecule has 6 nitrogen and oxygen atoms in total. The SMILES string of the molecule is C=C1C(=O)O[C@@H]2C=C(C)[C@]3(O)CC[C@@](C)(C[C@@H](OC(=O)C(C)=CC)[C@@H]12)O3. The highest BCUT2D eigenvalue weighted by Gasteiger charge is 2.54. The van der Waals surface area contributed by atoms with E-state index in [0.29, 0.717) is 30.4 Å². The molecule has 6 heteroatoms. The number of hydrogen-bond donors (Lipinski definition) is 1. The van der Waals surface area contributed by atoms with Gasteiger partial charge in [0.1, 0.15) is 12.2 Å². The molecule has 3 aliphatic heterocycles. The molecule has 5 atom stereocenters. The molecule has 26 heavy (non-hydrogen) atoms. The van der Waals surface area contributed by atoms with Gasteiger partial charge >= 0.3 is 11.9 Å². The number of carbonyl (C=O) groups is 2. The van der Waals surface area contributed by atoms with E-state index in [-0.39, 0.29) is 5.57 Å². The van der Waals surface area contributed by atoms with Gasteiger partial charge in [-0.2, -0.15) is 0 Å². The van der Waals surface area contributed by atoms with Crippen molar-refractivity contribution >= 4 is 11.9 Å². The molecule has 3 heterocycles. The summed E-state index contributed by atoms with van der Waals surface area (Å²) in [6, 6.07) is 0. The number of aliphatic hydroxyl groups is 1. The number of esters is 2. The Hall–Kier alpha value is -1.92. The summed E-state index contributed by atoms with van der Waals surface area (Å²) in [5.74, 6) is -2.85. The summed E-state index contributed by atoms with van der Waals surface area (Å²) in [6.45, 7) is 10.9. The molecule has 0 aromatic carbocycles. The van der Waals surface area contributed by atoms with E-state index in [1.54, 1.807) is 32.9 Å². The lowest BCUT2D eigenvalue weighted by Gasteiger charge is -2.33. The molecule has 0 amide bonds. The minimum Gasteiger partial charge on any atom is -0.458 e. The lowest BCUT2D eigenvalue weighted by Crippen LogP contribution is -2.40. The van der Waals surface area contributed by atoms with Gasteiger partial charge in [-0.05, 0) is 45.8 Å². The van der Waals surface area contributed by atoms with Crippen molar-refractivity contribution in [3.63, 3.8) is 0 Å². The topological polar surface area (TPSA) is 82.1 Å². The predicted molar refractivity (Wildman–Crippen MR) is 93.9 cm³/mol. The fourth-order valence-corrected chi connectivity index (χ4v) is 3.94. The number of allylic oxidation sites excluding steroid dienone is 1. The summed E-state index contributed by atoms with van der Waals surface area (Å²) in [4.78, 5) is 24.5. The maximum atomic E-state index is 12.4. The van der Waals surface area contributed by atoms with Gasteiger partial charge in [0, 0.05) is 24.0 Å². The van der Waals surface area contributed by atoms with Crippen molar-refractivity contribution in [1.82, 2.24) is 0 Å². The van der Waals surface area contributed by atoms with Gasteiger partial charge in [-0.3, -0.25) is 0 Å². The molecule has 0 unspecified atom stereocenters. The Labute approximate surface area is 153 Å². The molecule has 2 fully saturated rings. The number of carbonyl (C=O) groups excluding carboxylic acids is 2. The van der Waals surface area contributed by atoms with Gasteiger partial charge in [0.15, 0.2) is 5.79 Å². The van der Waals surface area contributed by atoms with Crippen molar-refractivity contribution in [3.05, 3.63) is 35.5 Å². The van der Waals surface area contributed by atoms with Crippen LogP contribution in [0.3, 0.4) is 0 Å².